The normalized spacial score (nSPS) is 18.6. The van der Waals surface area contributed by atoms with Gasteiger partial charge in [0.25, 0.3) is 0 Å². The van der Waals surface area contributed by atoms with E-state index in [1.54, 1.807) is 7.11 Å². The molecule has 112 valence electrons. The van der Waals surface area contributed by atoms with Crippen LogP contribution in [-0.2, 0) is 0 Å². The van der Waals surface area contributed by atoms with Gasteiger partial charge >= 0.3 is 0 Å². The zero-order valence-electron chi connectivity index (χ0n) is 12.6. The monoisotopic (exact) mass is 278 g/mol. The molecule has 1 aromatic rings. The lowest BCUT2D eigenvalue weighted by Crippen LogP contribution is -2.35. The summed E-state index contributed by atoms with van der Waals surface area (Å²) in [6.07, 6.45) is 3.00. The molecule has 1 unspecified atom stereocenters. The van der Waals surface area contributed by atoms with Gasteiger partial charge < -0.3 is 20.3 Å². The number of hydrogen-bond acceptors (Lipinski definition) is 5. The topological polar surface area (TPSA) is 54.6 Å². The Morgan fingerprint density at radius 3 is 2.95 bits per heavy atom. The van der Waals surface area contributed by atoms with Crippen LogP contribution in [0.15, 0.2) is 18.3 Å². The molecule has 0 radical (unpaired) electrons. The molecule has 2 heterocycles. The highest BCUT2D eigenvalue weighted by Crippen LogP contribution is 2.20. The van der Waals surface area contributed by atoms with Gasteiger partial charge in [-0.2, -0.15) is 0 Å². The summed E-state index contributed by atoms with van der Waals surface area (Å²) in [7, 11) is 1.66. The number of hydrogen-bond donors (Lipinski definition) is 1. The molecule has 5 heteroatoms. The Hall–Kier alpha value is -1.33. The summed E-state index contributed by atoms with van der Waals surface area (Å²) in [4.78, 5) is 9.11. The van der Waals surface area contributed by atoms with E-state index in [4.69, 9.17) is 10.5 Å². The van der Waals surface area contributed by atoms with Crippen molar-refractivity contribution in [1.29, 1.82) is 0 Å². The second-order valence-electron chi connectivity index (χ2n) is 5.54. The third-order valence-corrected chi connectivity index (χ3v) is 3.85. The quantitative estimate of drug-likeness (QED) is 0.877. The minimum Gasteiger partial charge on any atom is -0.481 e. The van der Waals surface area contributed by atoms with Crippen molar-refractivity contribution in [2.45, 2.75) is 13.3 Å². The van der Waals surface area contributed by atoms with Crippen LogP contribution in [0.5, 0.6) is 5.88 Å². The number of nitrogens with zero attached hydrogens (tertiary/aromatic N) is 3. The zero-order chi connectivity index (χ0) is 14.4. The van der Waals surface area contributed by atoms with Gasteiger partial charge in [0.15, 0.2) is 0 Å². The minimum absolute atomic E-state index is 0.572. The van der Waals surface area contributed by atoms with E-state index in [1.807, 2.05) is 12.3 Å². The maximum Gasteiger partial charge on any atom is 0.214 e. The number of methoxy groups -OCH3 is 1. The fraction of sp³-hybridized carbons (Fsp3) is 0.667. The van der Waals surface area contributed by atoms with Gasteiger partial charge in [0.05, 0.1) is 7.11 Å². The molecule has 0 aliphatic carbocycles. The van der Waals surface area contributed by atoms with Crippen LogP contribution in [0.25, 0.3) is 0 Å². The van der Waals surface area contributed by atoms with E-state index in [0.29, 0.717) is 11.8 Å². The molecular weight excluding hydrogens is 252 g/mol. The van der Waals surface area contributed by atoms with Gasteiger partial charge in [0.2, 0.25) is 5.88 Å². The molecule has 1 aromatic heterocycles. The molecule has 20 heavy (non-hydrogen) atoms. The highest BCUT2D eigenvalue weighted by molar-refractivity contribution is 5.48. The number of ether oxygens (including phenoxy) is 1. The van der Waals surface area contributed by atoms with Crippen molar-refractivity contribution in [3.63, 3.8) is 0 Å². The van der Waals surface area contributed by atoms with E-state index in [0.717, 1.165) is 39.3 Å². The number of nitrogens with two attached hydrogens (primary N) is 1. The van der Waals surface area contributed by atoms with Crippen LogP contribution in [-0.4, -0.2) is 56.3 Å². The van der Waals surface area contributed by atoms with E-state index >= 15 is 0 Å². The fourth-order valence-corrected chi connectivity index (χ4v) is 2.63. The lowest BCUT2D eigenvalue weighted by molar-refractivity contribution is 0.255. The molecule has 0 saturated carbocycles. The van der Waals surface area contributed by atoms with E-state index < -0.39 is 0 Å². The van der Waals surface area contributed by atoms with Gasteiger partial charge in [0.1, 0.15) is 0 Å². The van der Waals surface area contributed by atoms with E-state index in [-0.39, 0.29) is 0 Å². The summed E-state index contributed by atoms with van der Waals surface area (Å²) >= 11 is 0. The largest absolute Gasteiger partial charge is 0.481 e. The molecule has 1 fully saturated rings. The first kappa shape index (κ1) is 15.1. The smallest absolute Gasteiger partial charge is 0.214 e. The van der Waals surface area contributed by atoms with Crippen LogP contribution in [0, 0.1) is 5.92 Å². The number of anilines is 1. The van der Waals surface area contributed by atoms with Crippen LogP contribution in [0.2, 0.25) is 0 Å². The number of pyridine rings is 1. The maximum absolute atomic E-state index is 5.72. The van der Waals surface area contributed by atoms with Gasteiger partial charge in [-0.1, -0.05) is 6.92 Å². The van der Waals surface area contributed by atoms with Gasteiger partial charge in [-0.05, 0) is 31.5 Å². The lowest BCUT2D eigenvalue weighted by atomic mass is 10.1. The van der Waals surface area contributed by atoms with Gasteiger partial charge in [-0.25, -0.2) is 4.98 Å². The summed E-state index contributed by atoms with van der Waals surface area (Å²) in [5, 5.41) is 0. The van der Waals surface area contributed by atoms with Crippen molar-refractivity contribution in [1.82, 2.24) is 9.88 Å². The Labute approximate surface area is 121 Å². The first-order valence-corrected chi connectivity index (χ1v) is 7.40. The summed E-state index contributed by atoms with van der Waals surface area (Å²) in [5.41, 5.74) is 6.92. The number of aromatic nitrogens is 1. The van der Waals surface area contributed by atoms with E-state index in [1.165, 1.54) is 12.1 Å². The molecule has 5 nitrogen and oxygen atoms in total. The van der Waals surface area contributed by atoms with Crippen LogP contribution in [0.1, 0.15) is 13.3 Å². The van der Waals surface area contributed by atoms with Crippen LogP contribution in [0.3, 0.4) is 0 Å². The SMILES string of the molecule is COc1cc(N2CCCN(CC(C)CN)CC2)ccn1. The van der Waals surface area contributed by atoms with Crippen molar-refractivity contribution in [2.24, 2.45) is 11.7 Å². The predicted molar refractivity (Wildman–Crippen MR) is 82.3 cm³/mol. The summed E-state index contributed by atoms with van der Waals surface area (Å²) in [6, 6.07) is 4.07. The van der Waals surface area contributed by atoms with Crippen LogP contribution >= 0.6 is 0 Å². The van der Waals surface area contributed by atoms with Crippen LogP contribution < -0.4 is 15.4 Å². The molecule has 1 atom stereocenters. The van der Waals surface area contributed by atoms with Crippen molar-refractivity contribution in [2.75, 3.05) is 51.3 Å². The molecule has 1 aliphatic rings. The van der Waals surface area contributed by atoms with E-state index in [2.05, 4.69) is 27.8 Å². The summed E-state index contributed by atoms with van der Waals surface area (Å²) < 4.78 is 5.20. The second-order valence-corrected chi connectivity index (χ2v) is 5.54. The Balaban J connectivity index is 1.94. The standard InChI is InChI=1S/C15H26N4O/c1-13(11-16)12-18-6-3-7-19(9-8-18)14-4-5-17-15(10-14)20-2/h4-5,10,13H,3,6-9,11-12,16H2,1-2H3. The highest BCUT2D eigenvalue weighted by Gasteiger charge is 2.17. The fourth-order valence-electron chi connectivity index (χ4n) is 2.63. The molecular formula is C15H26N4O. The third-order valence-electron chi connectivity index (χ3n) is 3.85. The highest BCUT2D eigenvalue weighted by atomic mass is 16.5. The summed E-state index contributed by atoms with van der Waals surface area (Å²) in [6.45, 7) is 8.46. The van der Waals surface area contributed by atoms with Crippen molar-refractivity contribution in [3.8, 4) is 5.88 Å². The first-order valence-electron chi connectivity index (χ1n) is 7.40. The molecule has 2 rings (SSSR count). The van der Waals surface area contributed by atoms with Crippen molar-refractivity contribution >= 4 is 5.69 Å². The molecule has 1 saturated heterocycles. The Morgan fingerprint density at radius 1 is 1.35 bits per heavy atom. The number of rotatable bonds is 5. The van der Waals surface area contributed by atoms with Gasteiger partial charge in [0, 0.05) is 44.1 Å². The maximum atomic E-state index is 5.72. The first-order chi connectivity index (χ1) is 9.72. The second kappa shape index (κ2) is 7.45. The van der Waals surface area contributed by atoms with E-state index in [9.17, 15) is 0 Å². The van der Waals surface area contributed by atoms with Crippen LogP contribution in [0.4, 0.5) is 5.69 Å². The third kappa shape index (κ3) is 4.08. The van der Waals surface area contributed by atoms with Crippen molar-refractivity contribution in [3.05, 3.63) is 18.3 Å². The molecule has 0 spiro atoms. The van der Waals surface area contributed by atoms with Gasteiger partial charge in [-0.3, -0.25) is 0 Å². The van der Waals surface area contributed by atoms with Crippen molar-refractivity contribution < 1.29 is 4.74 Å². The molecule has 0 aromatic carbocycles. The Bertz CT molecular complexity index is 413. The average Bonchev–Trinajstić information content (AvgIpc) is 2.73. The van der Waals surface area contributed by atoms with Gasteiger partial charge in [-0.15, -0.1) is 0 Å². The molecule has 2 N–H and O–H groups in total. The Kier molecular flexibility index (Phi) is 5.61. The summed E-state index contributed by atoms with van der Waals surface area (Å²) in [5.74, 6) is 1.25. The molecule has 0 bridgehead atoms. The molecule has 1 aliphatic heterocycles. The average molecular weight is 278 g/mol. The zero-order valence-corrected chi connectivity index (χ0v) is 12.6. The molecule has 0 amide bonds. The Morgan fingerprint density at radius 2 is 2.20 bits per heavy atom. The lowest BCUT2D eigenvalue weighted by Gasteiger charge is -2.25. The predicted octanol–water partition coefficient (Wildman–Crippen LogP) is 1.20. The minimum atomic E-state index is 0.572.